The number of nitro benzene ring substituents is 1. The van der Waals surface area contributed by atoms with E-state index in [-0.39, 0.29) is 11.5 Å². The van der Waals surface area contributed by atoms with Crippen molar-refractivity contribution in [2.45, 2.75) is 26.2 Å². The van der Waals surface area contributed by atoms with Gasteiger partial charge in [-0.2, -0.15) is 19.4 Å². The fourth-order valence-electron chi connectivity index (χ4n) is 2.16. The number of aromatic nitrogens is 5. The van der Waals surface area contributed by atoms with Crippen LogP contribution in [0.15, 0.2) is 40.5 Å². The Kier molecular flexibility index (Phi) is 3.87. The molecule has 0 bridgehead atoms. The zero-order chi connectivity index (χ0) is 18.2. The van der Waals surface area contributed by atoms with E-state index < -0.39 is 15.9 Å². The molecule has 25 heavy (non-hydrogen) atoms. The average molecular weight is 341 g/mol. The zero-order valence-corrected chi connectivity index (χ0v) is 13.8. The van der Waals surface area contributed by atoms with Gasteiger partial charge in [0.05, 0.1) is 11.1 Å². The molecular formula is C15H15N7O3. The van der Waals surface area contributed by atoms with Crippen molar-refractivity contribution in [3.63, 3.8) is 0 Å². The zero-order valence-electron chi connectivity index (χ0n) is 13.8. The Morgan fingerprint density at radius 2 is 1.92 bits per heavy atom. The second-order valence-corrected chi connectivity index (χ2v) is 6.38. The van der Waals surface area contributed by atoms with E-state index in [9.17, 15) is 14.9 Å². The molecule has 0 spiro atoms. The Hall–Kier alpha value is -3.43. The lowest BCUT2D eigenvalue weighted by Crippen LogP contribution is -2.33. The highest BCUT2D eigenvalue weighted by molar-refractivity contribution is 5.80. The van der Waals surface area contributed by atoms with Gasteiger partial charge in [-0.3, -0.25) is 14.9 Å². The summed E-state index contributed by atoms with van der Waals surface area (Å²) in [6, 6.07) is 5.81. The first-order valence-corrected chi connectivity index (χ1v) is 7.40. The summed E-state index contributed by atoms with van der Waals surface area (Å²) in [4.78, 5) is 22.9. The highest BCUT2D eigenvalue weighted by Gasteiger charge is 2.23. The molecule has 128 valence electrons. The minimum absolute atomic E-state index is 0.0203. The Morgan fingerprint density at radius 3 is 2.52 bits per heavy atom. The Balaban J connectivity index is 2.09. The normalized spacial score (nSPS) is 12.1. The molecule has 0 atom stereocenters. The first kappa shape index (κ1) is 16.4. The molecule has 1 aromatic carbocycles. The first-order chi connectivity index (χ1) is 11.8. The molecule has 0 unspecified atom stereocenters. The third-order valence-electron chi connectivity index (χ3n) is 3.44. The lowest BCUT2D eigenvalue weighted by molar-refractivity contribution is -0.384. The van der Waals surface area contributed by atoms with Gasteiger partial charge in [-0.25, -0.2) is 0 Å². The lowest BCUT2D eigenvalue weighted by atomic mass is 9.93. The van der Waals surface area contributed by atoms with Gasteiger partial charge in [0, 0.05) is 17.5 Å². The van der Waals surface area contributed by atoms with Crippen molar-refractivity contribution >= 4 is 17.7 Å². The van der Waals surface area contributed by atoms with Gasteiger partial charge >= 0.3 is 0 Å². The van der Waals surface area contributed by atoms with Crippen LogP contribution in [0.5, 0.6) is 0 Å². The standard InChI is InChI=1S/C15H15N7O3/c1-15(2,3)12-13(23)21(14-18-16-9-20(14)19-12)17-8-10-4-6-11(7-5-10)22(24)25/h4-9H,1-3H3/b17-8+. The molecule has 0 N–H and O–H groups in total. The molecular weight excluding hydrogens is 326 g/mol. The first-order valence-electron chi connectivity index (χ1n) is 7.40. The van der Waals surface area contributed by atoms with Gasteiger partial charge in [-0.1, -0.05) is 20.8 Å². The summed E-state index contributed by atoms with van der Waals surface area (Å²) in [5.74, 6) is 0.177. The average Bonchev–Trinajstić information content (AvgIpc) is 3.01. The van der Waals surface area contributed by atoms with E-state index in [4.69, 9.17) is 0 Å². The molecule has 2 heterocycles. The molecule has 0 fully saturated rings. The number of fused-ring (bicyclic) bond motifs is 1. The predicted molar refractivity (Wildman–Crippen MR) is 89.8 cm³/mol. The van der Waals surface area contributed by atoms with E-state index in [0.29, 0.717) is 11.3 Å². The molecule has 0 aliphatic rings. The van der Waals surface area contributed by atoms with Crippen LogP contribution in [0, 0.1) is 10.1 Å². The Labute approximate surface area is 141 Å². The van der Waals surface area contributed by atoms with Crippen LogP contribution in [0.3, 0.4) is 0 Å². The topological polar surface area (TPSA) is 121 Å². The van der Waals surface area contributed by atoms with Crippen LogP contribution in [0.1, 0.15) is 32.0 Å². The minimum Gasteiger partial charge on any atom is -0.265 e. The second-order valence-electron chi connectivity index (χ2n) is 6.38. The Morgan fingerprint density at radius 1 is 1.24 bits per heavy atom. The van der Waals surface area contributed by atoms with Crippen LogP contribution in [-0.4, -0.2) is 35.6 Å². The quantitative estimate of drug-likeness (QED) is 0.403. The van der Waals surface area contributed by atoms with E-state index in [2.05, 4.69) is 20.4 Å². The Bertz CT molecular complexity index is 1030. The fourth-order valence-corrected chi connectivity index (χ4v) is 2.16. The van der Waals surface area contributed by atoms with Gasteiger partial charge in [-0.05, 0) is 17.7 Å². The highest BCUT2D eigenvalue weighted by Crippen LogP contribution is 2.16. The van der Waals surface area contributed by atoms with Crippen molar-refractivity contribution in [1.29, 1.82) is 0 Å². The van der Waals surface area contributed by atoms with Crippen molar-refractivity contribution in [3.8, 4) is 0 Å². The van der Waals surface area contributed by atoms with E-state index >= 15 is 0 Å². The summed E-state index contributed by atoms with van der Waals surface area (Å²) in [6.07, 6.45) is 2.81. The molecule has 0 saturated heterocycles. The minimum atomic E-state index is -0.486. The third-order valence-corrected chi connectivity index (χ3v) is 3.44. The maximum Gasteiger partial charge on any atom is 0.298 e. The maximum absolute atomic E-state index is 12.7. The van der Waals surface area contributed by atoms with Gasteiger partial charge in [0.25, 0.3) is 17.0 Å². The summed E-state index contributed by atoms with van der Waals surface area (Å²) in [5.41, 5.74) is 0.0179. The number of nitro groups is 1. The summed E-state index contributed by atoms with van der Waals surface area (Å²) in [7, 11) is 0. The molecule has 2 aromatic heterocycles. The number of benzene rings is 1. The van der Waals surface area contributed by atoms with Gasteiger partial charge in [-0.15, -0.1) is 10.2 Å². The molecule has 0 aliphatic heterocycles. The molecule has 0 radical (unpaired) electrons. The second kappa shape index (κ2) is 5.89. The van der Waals surface area contributed by atoms with E-state index in [0.717, 1.165) is 4.68 Å². The van der Waals surface area contributed by atoms with E-state index in [1.807, 2.05) is 20.8 Å². The largest absolute Gasteiger partial charge is 0.298 e. The SMILES string of the molecule is CC(C)(C)c1nn2cnnc2n(/N=C/c2ccc([N+](=O)[O-])cc2)c1=O. The van der Waals surface area contributed by atoms with Gasteiger partial charge in [0.15, 0.2) is 0 Å². The van der Waals surface area contributed by atoms with Crippen LogP contribution in [-0.2, 0) is 5.41 Å². The van der Waals surface area contributed by atoms with E-state index in [1.54, 1.807) is 12.1 Å². The number of hydrogen-bond donors (Lipinski definition) is 0. The summed E-state index contributed by atoms with van der Waals surface area (Å²) >= 11 is 0. The van der Waals surface area contributed by atoms with Crippen molar-refractivity contribution < 1.29 is 4.92 Å². The summed E-state index contributed by atoms with van der Waals surface area (Å²) < 4.78 is 2.50. The van der Waals surface area contributed by atoms with Crippen LogP contribution < -0.4 is 5.56 Å². The number of nitrogens with zero attached hydrogens (tertiary/aromatic N) is 7. The predicted octanol–water partition coefficient (Wildman–Crippen LogP) is 1.37. The van der Waals surface area contributed by atoms with Crippen molar-refractivity contribution in [1.82, 2.24) is 24.5 Å². The summed E-state index contributed by atoms with van der Waals surface area (Å²) in [6.45, 7) is 5.62. The van der Waals surface area contributed by atoms with Crippen LogP contribution in [0.25, 0.3) is 5.78 Å². The van der Waals surface area contributed by atoms with Crippen LogP contribution in [0.4, 0.5) is 5.69 Å². The van der Waals surface area contributed by atoms with Gasteiger partial charge < -0.3 is 0 Å². The fraction of sp³-hybridized carbons (Fsp3) is 0.267. The molecule has 3 rings (SSSR count). The summed E-state index contributed by atoms with van der Waals surface area (Å²) in [5, 5.41) is 26.7. The molecule has 0 saturated carbocycles. The van der Waals surface area contributed by atoms with Crippen molar-refractivity contribution in [2.75, 3.05) is 0 Å². The molecule has 10 nitrogen and oxygen atoms in total. The smallest absolute Gasteiger partial charge is 0.265 e. The molecule has 0 amide bonds. The molecule has 3 aromatic rings. The van der Waals surface area contributed by atoms with E-state index in [1.165, 1.54) is 29.2 Å². The monoisotopic (exact) mass is 341 g/mol. The molecule has 0 aliphatic carbocycles. The van der Waals surface area contributed by atoms with Gasteiger partial charge in [0.1, 0.15) is 12.0 Å². The van der Waals surface area contributed by atoms with Crippen LogP contribution in [0.2, 0.25) is 0 Å². The third kappa shape index (κ3) is 3.13. The van der Waals surface area contributed by atoms with Crippen LogP contribution >= 0.6 is 0 Å². The van der Waals surface area contributed by atoms with Crippen molar-refractivity contribution in [3.05, 3.63) is 62.3 Å². The van der Waals surface area contributed by atoms with Crippen molar-refractivity contribution in [2.24, 2.45) is 5.10 Å². The highest BCUT2D eigenvalue weighted by atomic mass is 16.6. The van der Waals surface area contributed by atoms with Gasteiger partial charge in [0.2, 0.25) is 0 Å². The molecule has 10 heteroatoms. The number of rotatable bonds is 3. The lowest BCUT2D eigenvalue weighted by Gasteiger charge is -2.16. The number of hydrogen-bond acceptors (Lipinski definition) is 7. The maximum atomic E-state index is 12.7. The number of non-ortho nitro benzene ring substituents is 1.